The van der Waals surface area contributed by atoms with E-state index in [4.69, 9.17) is 10.2 Å². The van der Waals surface area contributed by atoms with Crippen LogP contribution in [0.15, 0.2) is 11.6 Å². The Balaban J connectivity index is -0.000000133. The molecule has 0 amide bonds. The van der Waals surface area contributed by atoms with Gasteiger partial charge in [0.1, 0.15) is 11.9 Å². The van der Waals surface area contributed by atoms with Crippen LogP contribution in [-0.4, -0.2) is 51.1 Å². The maximum absolute atomic E-state index is 11.0. The molecule has 0 aromatic carbocycles. The van der Waals surface area contributed by atoms with E-state index in [2.05, 4.69) is 0 Å². The second-order valence-corrected chi connectivity index (χ2v) is 6.70. The molecule has 13 heteroatoms. The van der Waals surface area contributed by atoms with Crippen LogP contribution in [-0.2, 0) is 28.8 Å². The summed E-state index contributed by atoms with van der Waals surface area (Å²) in [5.41, 5.74) is -0.243. The van der Waals surface area contributed by atoms with Gasteiger partial charge in [-0.15, -0.1) is 0 Å². The third-order valence-corrected chi connectivity index (χ3v) is 3.10. The number of carbonyl (C=O) groups is 6. The molecule has 0 bridgehead atoms. The molecule has 0 spiro atoms. The van der Waals surface area contributed by atoms with E-state index in [1.54, 1.807) is 27.7 Å². The van der Waals surface area contributed by atoms with Crippen LogP contribution in [0.25, 0.3) is 0 Å². The predicted octanol–water partition coefficient (Wildman–Crippen LogP) is -8.01. The summed E-state index contributed by atoms with van der Waals surface area (Å²) in [7, 11) is 0. The summed E-state index contributed by atoms with van der Waals surface area (Å²) in [6, 6.07) is 0. The van der Waals surface area contributed by atoms with Gasteiger partial charge in [-0.1, -0.05) is 33.8 Å². The second-order valence-electron chi connectivity index (χ2n) is 6.70. The Kier molecular flexibility index (Phi) is 29.4. The van der Waals surface area contributed by atoms with Gasteiger partial charge in [0.15, 0.2) is 5.78 Å². The zero-order valence-electron chi connectivity index (χ0n) is 18.6. The van der Waals surface area contributed by atoms with Crippen molar-refractivity contribution < 1.29 is 157 Å². The Bertz CT molecular complexity index is 655. The molecule has 0 aliphatic carbocycles. The molecule has 0 aromatic heterocycles. The molecule has 1 unspecified atom stereocenters. The van der Waals surface area contributed by atoms with Gasteiger partial charge in [-0.25, -0.2) is 0 Å². The molecule has 0 saturated carbocycles. The Morgan fingerprint density at radius 2 is 1.29 bits per heavy atom. The minimum atomic E-state index is -1.88. The molecule has 0 rings (SSSR count). The predicted molar refractivity (Wildman–Crippen MR) is 94.0 cm³/mol. The standard InChI is InChI=1S/C9H14O5.C9H12O5.2K.H2O/c2*1-5(2)3-6(4-7(10)11)8(12)9(13)14;;;/h5-6H,3-4H2,1-2H3,(H,10,11)(H,13,14);3,5H,4H2,1-2H3,(H,10,11)(H,13,14);;;1H2/q;;2*+1;/p-2/b;6-3+;;;. The van der Waals surface area contributed by atoms with Crippen molar-refractivity contribution >= 4 is 35.4 Å². The van der Waals surface area contributed by atoms with Crippen LogP contribution in [0.3, 0.4) is 0 Å². The molecule has 166 valence electrons. The van der Waals surface area contributed by atoms with E-state index in [1.807, 2.05) is 0 Å². The van der Waals surface area contributed by atoms with E-state index >= 15 is 0 Å². The fraction of sp³-hybridized carbons (Fsp3) is 0.556. The molecular formula is C18H26K2O11. The average Bonchev–Trinajstić information content (AvgIpc) is 2.50. The third-order valence-electron chi connectivity index (χ3n) is 3.10. The van der Waals surface area contributed by atoms with Crippen LogP contribution in [0, 0.1) is 17.8 Å². The van der Waals surface area contributed by atoms with Gasteiger partial charge in [-0.3, -0.25) is 19.2 Å². The molecule has 0 saturated heterocycles. The molecule has 11 nitrogen and oxygen atoms in total. The summed E-state index contributed by atoms with van der Waals surface area (Å²) < 4.78 is 0. The summed E-state index contributed by atoms with van der Waals surface area (Å²) in [4.78, 5) is 63.0. The minimum absolute atomic E-state index is 0. The normalized spacial score (nSPS) is 10.8. The zero-order valence-corrected chi connectivity index (χ0v) is 24.8. The molecule has 31 heavy (non-hydrogen) atoms. The second kappa shape index (κ2) is 22.0. The van der Waals surface area contributed by atoms with Crippen molar-refractivity contribution in [3.8, 4) is 0 Å². The summed E-state index contributed by atoms with van der Waals surface area (Å²) in [6.07, 6.45) is 0.515. The molecule has 0 fully saturated rings. The van der Waals surface area contributed by atoms with Gasteiger partial charge in [0.05, 0.1) is 12.8 Å². The van der Waals surface area contributed by atoms with Gasteiger partial charge < -0.3 is 35.5 Å². The minimum Gasteiger partial charge on any atom is -0.542 e. The average molecular weight is 497 g/mol. The quantitative estimate of drug-likeness (QED) is 0.156. The van der Waals surface area contributed by atoms with Gasteiger partial charge in [0, 0.05) is 11.5 Å². The number of hydrogen-bond donors (Lipinski definition) is 2. The SMILES string of the molecule is CC(C)/C=C(\CC(=O)O)C(=O)C(=O)[O-].CC(C)CC(CC(=O)O)C(=O)C(=O)[O-].O.[K+].[K+]. The third kappa shape index (κ3) is 23.2. The monoisotopic (exact) mass is 496 g/mol. The van der Waals surface area contributed by atoms with Crippen molar-refractivity contribution in [2.24, 2.45) is 17.8 Å². The van der Waals surface area contributed by atoms with Crippen molar-refractivity contribution in [2.45, 2.75) is 47.0 Å². The van der Waals surface area contributed by atoms with Crippen LogP contribution in [0.2, 0.25) is 0 Å². The van der Waals surface area contributed by atoms with Crippen LogP contribution in [0.1, 0.15) is 47.0 Å². The number of Topliss-reactive ketones (excluding diaryl/α,β-unsaturated/α-hetero) is 2. The van der Waals surface area contributed by atoms with Gasteiger partial charge in [0.25, 0.3) is 0 Å². The van der Waals surface area contributed by atoms with E-state index in [0.717, 1.165) is 0 Å². The van der Waals surface area contributed by atoms with Gasteiger partial charge in [-0.05, 0) is 18.3 Å². The van der Waals surface area contributed by atoms with E-state index in [1.165, 1.54) is 6.08 Å². The maximum atomic E-state index is 11.0. The number of allylic oxidation sites excluding steroid dienone is 1. The molecule has 0 aliphatic heterocycles. The van der Waals surface area contributed by atoms with Crippen molar-refractivity contribution in [1.29, 1.82) is 0 Å². The van der Waals surface area contributed by atoms with Crippen LogP contribution in [0.5, 0.6) is 0 Å². The van der Waals surface area contributed by atoms with Crippen LogP contribution in [0.4, 0.5) is 0 Å². The number of carboxylic acid groups (broad SMARTS) is 4. The molecule has 0 aliphatic rings. The fourth-order valence-corrected chi connectivity index (χ4v) is 2.14. The Morgan fingerprint density at radius 3 is 1.55 bits per heavy atom. The van der Waals surface area contributed by atoms with E-state index in [-0.39, 0.29) is 132 Å². The molecule has 1 atom stereocenters. The molecule has 0 aromatic rings. The topological polar surface area (TPSA) is 220 Å². The first-order valence-corrected chi connectivity index (χ1v) is 8.34. The fourth-order valence-electron chi connectivity index (χ4n) is 2.14. The van der Waals surface area contributed by atoms with Crippen molar-refractivity contribution in [2.75, 3.05) is 0 Å². The Hall–Kier alpha value is 0.193. The molecule has 4 N–H and O–H groups in total. The van der Waals surface area contributed by atoms with Gasteiger partial charge >= 0.3 is 115 Å². The van der Waals surface area contributed by atoms with E-state index in [9.17, 15) is 39.0 Å². The molecule has 0 heterocycles. The zero-order chi connectivity index (χ0) is 22.6. The summed E-state index contributed by atoms with van der Waals surface area (Å²) in [5.74, 6) is -9.48. The summed E-state index contributed by atoms with van der Waals surface area (Å²) in [5, 5.41) is 37.3. The summed E-state index contributed by atoms with van der Waals surface area (Å²) in [6.45, 7) is 7.00. The van der Waals surface area contributed by atoms with Crippen molar-refractivity contribution in [3.63, 3.8) is 0 Å². The Labute approximate surface area is 265 Å². The Morgan fingerprint density at radius 1 is 0.839 bits per heavy atom. The van der Waals surface area contributed by atoms with Gasteiger partial charge in [-0.2, -0.15) is 0 Å². The van der Waals surface area contributed by atoms with Gasteiger partial charge in [0.2, 0.25) is 5.78 Å². The van der Waals surface area contributed by atoms with Crippen LogP contribution >= 0.6 is 0 Å². The molecular weight excluding hydrogens is 470 g/mol. The smallest absolute Gasteiger partial charge is 0.542 e. The number of carboxylic acids is 4. The number of hydrogen-bond acceptors (Lipinski definition) is 8. The number of aliphatic carboxylic acids is 4. The number of ketones is 2. The number of carbonyl (C=O) groups excluding carboxylic acids is 4. The molecule has 0 radical (unpaired) electrons. The van der Waals surface area contributed by atoms with E-state index in [0.29, 0.717) is 0 Å². The van der Waals surface area contributed by atoms with Crippen molar-refractivity contribution in [1.82, 2.24) is 0 Å². The largest absolute Gasteiger partial charge is 1.00 e. The maximum Gasteiger partial charge on any atom is 1.00 e. The first-order chi connectivity index (χ1) is 12.7. The first-order valence-electron chi connectivity index (χ1n) is 8.34. The van der Waals surface area contributed by atoms with Crippen molar-refractivity contribution in [3.05, 3.63) is 11.6 Å². The number of rotatable bonds is 11. The first kappa shape index (κ1) is 41.4. The summed E-state index contributed by atoms with van der Waals surface area (Å²) >= 11 is 0. The van der Waals surface area contributed by atoms with E-state index < -0.39 is 54.2 Å². The van der Waals surface area contributed by atoms with Crippen LogP contribution < -0.4 is 113 Å².